The first-order valence-corrected chi connectivity index (χ1v) is 9.44. The molecule has 0 atom stereocenters. The van der Waals surface area contributed by atoms with Gasteiger partial charge in [0.25, 0.3) is 0 Å². The molecule has 0 aliphatic rings. The zero-order chi connectivity index (χ0) is 17.8. The van der Waals surface area contributed by atoms with Gasteiger partial charge in [-0.1, -0.05) is 53.2 Å². The van der Waals surface area contributed by atoms with Crippen molar-refractivity contribution in [3.63, 3.8) is 0 Å². The van der Waals surface area contributed by atoms with Crippen molar-refractivity contribution in [1.82, 2.24) is 14.8 Å². The minimum absolute atomic E-state index is 0.649. The maximum Gasteiger partial charge on any atom is 0.191 e. The van der Waals surface area contributed by atoms with Gasteiger partial charge in [-0.15, -0.1) is 10.2 Å². The first-order chi connectivity index (χ1) is 12.1. The molecule has 0 bridgehead atoms. The van der Waals surface area contributed by atoms with Gasteiger partial charge < -0.3 is 9.30 Å². The van der Waals surface area contributed by atoms with Crippen LogP contribution < -0.4 is 4.74 Å². The average Bonchev–Trinajstić information content (AvgIpc) is 3.02. The second-order valence-electron chi connectivity index (χ2n) is 5.67. The SMILES string of the molecule is CCn1c(SCc2cccc(C)c2)nnc1-c1cc(Cl)ccc1OC. The van der Waals surface area contributed by atoms with Crippen LogP contribution in [0.5, 0.6) is 5.75 Å². The van der Waals surface area contributed by atoms with Crippen LogP contribution in [-0.2, 0) is 12.3 Å². The topological polar surface area (TPSA) is 39.9 Å². The highest BCUT2D eigenvalue weighted by Crippen LogP contribution is 2.33. The maximum absolute atomic E-state index is 6.16. The third-order valence-electron chi connectivity index (χ3n) is 3.89. The summed E-state index contributed by atoms with van der Waals surface area (Å²) in [5.41, 5.74) is 3.39. The highest BCUT2D eigenvalue weighted by Gasteiger charge is 2.17. The summed E-state index contributed by atoms with van der Waals surface area (Å²) in [6.45, 7) is 4.96. The standard InChI is InChI=1S/C19H20ClN3OS/c1-4-23-18(16-11-15(20)8-9-17(16)24-3)21-22-19(23)25-12-14-7-5-6-13(2)10-14/h5-11H,4,12H2,1-3H3. The predicted molar refractivity (Wildman–Crippen MR) is 103 cm³/mol. The minimum atomic E-state index is 0.649. The number of hydrogen-bond donors (Lipinski definition) is 0. The van der Waals surface area contributed by atoms with Crippen LogP contribution in [0.2, 0.25) is 5.02 Å². The molecule has 3 aromatic rings. The molecule has 25 heavy (non-hydrogen) atoms. The van der Waals surface area contributed by atoms with Crippen LogP contribution in [0, 0.1) is 6.92 Å². The number of aryl methyl sites for hydroxylation is 1. The van der Waals surface area contributed by atoms with Gasteiger partial charge >= 0.3 is 0 Å². The molecule has 0 fully saturated rings. The van der Waals surface area contributed by atoms with Gasteiger partial charge in [0.15, 0.2) is 11.0 Å². The van der Waals surface area contributed by atoms with Crippen LogP contribution in [0.4, 0.5) is 0 Å². The molecule has 0 amide bonds. The fourth-order valence-electron chi connectivity index (χ4n) is 2.68. The Kier molecular flexibility index (Phi) is 5.66. The average molecular weight is 374 g/mol. The smallest absolute Gasteiger partial charge is 0.191 e. The molecule has 1 aromatic heterocycles. The van der Waals surface area contributed by atoms with Gasteiger partial charge in [-0.2, -0.15) is 0 Å². The van der Waals surface area contributed by atoms with Gasteiger partial charge in [0.2, 0.25) is 0 Å². The van der Waals surface area contributed by atoms with Crippen molar-refractivity contribution in [2.75, 3.05) is 7.11 Å². The lowest BCUT2D eigenvalue weighted by atomic mass is 10.2. The Morgan fingerprint density at radius 3 is 2.72 bits per heavy atom. The van der Waals surface area contributed by atoms with Crippen molar-refractivity contribution >= 4 is 23.4 Å². The summed E-state index contributed by atoms with van der Waals surface area (Å²) in [5, 5.41) is 10.3. The summed E-state index contributed by atoms with van der Waals surface area (Å²) in [7, 11) is 1.65. The van der Waals surface area contributed by atoms with Gasteiger partial charge in [-0.3, -0.25) is 0 Å². The lowest BCUT2D eigenvalue weighted by Gasteiger charge is -2.11. The zero-order valence-electron chi connectivity index (χ0n) is 14.5. The molecule has 0 N–H and O–H groups in total. The molecule has 0 aliphatic carbocycles. The lowest BCUT2D eigenvalue weighted by molar-refractivity contribution is 0.416. The first-order valence-electron chi connectivity index (χ1n) is 8.07. The number of benzene rings is 2. The Morgan fingerprint density at radius 2 is 2.00 bits per heavy atom. The van der Waals surface area contributed by atoms with Crippen LogP contribution in [-0.4, -0.2) is 21.9 Å². The Hall–Kier alpha value is -1.98. The summed E-state index contributed by atoms with van der Waals surface area (Å²) in [6, 6.07) is 14.0. The normalized spacial score (nSPS) is 10.9. The van der Waals surface area contributed by atoms with E-state index in [2.05, 4.69) is 52.9 Å². The number of hydrogen-bond acceptors (Lipinski definition) is 4. The Balaban J connectivity index is 1.90. The largest absolute Gasteiger partial charge is 0.496 e. The van der Waals surface area contributed by atoms with Crippen LogP contribution in [0.3, 0.4) is 0 Å². The summed E-state index contributed by atoms with van der Waals surface area (Å²) < 4.78 is 7.55. The van der Waals surface area contributed by atoms with Crippen LogP contribution in [0.1, 0.15) is 18.1 Å². The highest BCUT2D eigenvalue weighted by molar-refractivity contribution is 7.98. The molecule has 0 saturated heterocycles. The van der Waals surface area contributed by atoms with Gasteiger partial charge in [-0.25, -0.2) is 0 Å². The Bertz CT molecular complexity index is 879. The number of nitrogens with zero attached hydrogens (tertiary/aromatic N) is 3. The lowest BCUT2D eigenvalue weighted by Crippen LogP contribution is -2.01. The molecule has 0 radical (unpaired) electrons. The molecule has 0 saturated carbocycles. The molecule has 0 unspecified atom stereocenters. The van der Waals surface area contributed by atoms with Crippen molar-refractivity contribution in [3.05, 3.63) is 58.6 Å². The summed E-state index contributed by atoms with van der Waals surface area (Å²) in [4.78, 5) is 0. The van der Waals surface area contributed by atoms with E-state index < -0.39 is 0 Å². The van der Waals surface area contributed by atoms with E-state index in [4.69, 9.17) is 16.3 Å². The quantitative estimate of drug-likeness (QED) is 0.555. The molecular weight excluding hydrogens is 354 g/mol. The van der Waals surface area contributed by atoms with Crippen LogP contribution in [0.25, 0.3) is 11.4 Å². The Morgan fingerprint density at radius 1 is 1.16 bits per heavy atom. The maximum atomic E-state index is 6.16. The van der Waals surface area contributed by atoms with Gasteiger partial charge in [0, 0.05) is 17.3 Å². The van der Waals surface area contributed by atoms with Crippen LogP contribution >= 0.6 is 23.4 Å². The van der Waals surface area contributed by atoms with Crippen molar-refractivity contribution in [1.29, 1.82) is 0 Å². The van der Waals surface area contributed by atoms with E-state index in [1.807, 2.05) is 18.2 Å². The third-order valence-corrected chi connectivity index (χ3v) is 5.16. The number of rotatable bonds is 6. The van der Waals surface area contributed by atoms with Gasteiger partial charge in [0.05, 0.1) is 12.7 Å². The number of aromatic nitrogens is 3. The van der Waals surface area contributed by atoms with E-state index in [-0.39, 0.29) is 0 Å². The number of ether oxygens (including phenoxy) is 1. The van der Waals surface area contributed by atoms with E-state index in [0.717, 1.165) is 34.6 Å². The highest BCUT2D eigenvalue weighted by atomic mass is 35.5. The van der Waals surface area contributed by atoms with E-state index in [1.54, 1.807) is 18.9 Å². The molecule has 4 nitrogen and oxygen atoms in total. The summed E-state index contributed by atoms with van der Waals surface area (Å²) in [5.74, 6) is 2.36. The molecule has 0 spiro atoms. The third kappa shape index (κ3) is 3.99. The van der Waals surface area contributed by atoms with Crippen molar-refractivity contribution in [2.45, 2.75) is 31.3 Å². The summed E-state index contributed by atoms with van der Waals surface area (Å²) in [6.07, 6.45) is 0. The summed E-state index contributed by atoms with van der Waals surface area (Å²) >= 11 is 7.85. The van der Waals surface area contributed by atoms with Gasteiger partial charge in [0.1, 0.15) is 5.75 Å². The Labute approximate surface area is 157 Å². The minimum Gasteiger partial charge on any atom is -0.496 e. The molecule has 6 heteroatoms. The molecule has 2 aromatic carbocycles. The first kappa shape index (κ1) is 17.8. The van der Waals surface area contributed by atoms with Crippen LogP contribution in [0.15, 0.2) is 47.6 Å². The van der Waals surface area contributed by atoms with Crippen molar-refractivity contribution < 1.29 is 4.74 Å². The van der Waals surface area contributed by atoms with E-state index in [0.29, 0.717) is 5.02 Å². The second-order valence-corrected chi connectivity index (χ2v) is 7.05. The predicted octanol–water partition coefficient (Wildman–Crippen LogP) is 5.23. The number of thioether (sulfide) groups is 1. The molecule has 0 aliphatic heterocycles. The fourth-order valence-corrected chi connectivity index (χ4v) is 3.80. The fraction of sp³-hybridized carbons (Fsp3) is 0.263. The van der Waals surface area contributed by atoms with E-state index in [9.17, 15) is 0 Å². The number of halogens is 1. The van der Waals surface area contributed by atoms with Crippen molar-refractivity contribution in [3.8, 4) is 17.1 Å². The zero-order valence-corrected chi connectivity index (χ0v) is 16.1. The molecular formula is C19H20ClN3OS. The molecule has 1 heterocycles. The number of methoxy groups -OCH3 is 1. The monoisotopic (exact) mass is 373 g/mol. The van der Waals surface area contributed by atoms with E-state index in [1.165, 1.54) is 11.1 Å². The van der Waals surface area contributed by atoms with Crippen molar-refractivity contribution in [2.24, 2.45) is 0 Å². The second kappa shape index (κ2) is 7.93. The molecule has 3 rings (SSSR count). The van der Waals surface area contributed by atoms with E-state index >= 15 is 0 Å². The molecule has 130 valence electrons. The van der Waals surface area contributed by atoms with Gasteiger partial charge in [-0.05, 0) is 37.6 Å².